The fourth-order valence-corrected chi connectivity index (χ4v) is 2.93. The molecule has 0 aliphatic carbocycles. The molecule has 2 rings (SSSR count). The lowest BCUT2D eigenvalue weighted by atomic mass is 10.6. The van der Waals surface area contributed by atoms with Gasteiger partial charge in [0.25, 0.3) is 0 Å². The van der Waals surface area contributed by atoms with Crippen LogP contribution in [0.15, 0.2) is 17.4 Å². The number of hydrogen-bond acceptors (Lipinski definition) is 8. The van der Waals surface area contributed by atoms with Gasteiger partial charge >= 0.3 is 0 Å². The zero-order valence-electron chi connectivity index (χ0n) is 10.6. The highest BCUT2D eigenvalue weighted by molar-refractivity contribution is 7.99. The summed E-state index contributed by atoms with van der Waals surface area (Å²) in [5.41, 5.74) is 0. The van der Waals surface area contributed by atoms with E-state index in [-0.39, 0.29) is 0 Å². The highest BCUT2D eigenvalue weighted by atomic mass is 35.5. The molecule has 0 aliphatic heterocycles. The van der Waals surface area contributed by atoms with E-state index < -0.39 is 0 Å². The number of thiazole rings is 1. The van der Waals surface area contributed by atoms with Crippen LogP contribution in [0.3, 0.4) is 0 Å². The molecule has 104 valence electrons. The molecule has 2 heterocycles. The largest absolute Gasteiger partial charge is 0.319 e. The predicted molar refractivity (Wildman–Crippen MR) is 81.8 cm³/mol. The number of nitrogens with one attached hydrogen (secondary N) is 2. The van der Waals surface area contributed by atoms with Gasteiger partial charge in [0.1, 0.15) is 21.9 Å². The summed E-state index contributed by atoms with van der Waals surface area (Å²) < 4.78 is 0. The molecular formula is C11H11ClN6S2. The Bertz CT molecular complexity index is 624. The molecule has 0 atom stereocenters. The van der Waals surface area contributed by atoms with E-state index in [1.54, 1.807) is 6.07 Å². The lowest BCUT2D eigenvalue weighted by molar-refractivity contribution is 0.867. The molecule has 2 aromatic heterocycles. The molecule has 0 spiro atoms. The second-order valence-electron chi connectivity index (χ2n) is 3.58. The smallest absolute Gasteiger partial charge is 0.190 e. The molecule has 6 nitrogen and oxygen atoms in total. The second-order valence-corrected chi connectivity index (χ2v) is 6.06. The summed E-state index contributed by atoms with van der Waals surface area (Å²) in [7, 11) is 1.89. The number of thioether (sulfide) groups is 1. The SMILES string of the molecule is CNCCSc1nc(Cl)cc(Nc2ncc(C#N)s2)n1. The number of hydrogen-bond donors (Lipinski definition) is 2. The van der Waals surface area contributed by atoms with Crippen LogP contribution in [0.2, 0.25) is 5.15 Å². The Hall–Kier alpha value is -1.40. The van der Waals surface area contributed by atoms with Crippen LogP contribution in [-0.2, 0) is 0 Å². The van der Waals surface area contributed by atoms with Crippen molar-refractivity contribution < 1.29 is 0 Å². The minimum atomic E-state index is 0.367. The van der Waals surface area contributed by atoms with E-state index in [9.17, 15) is 0 Å². The number of nitriles is 1. The van der Waals surface area contributed by atoms with Gasteiger partial charge in [-0.25, -0.2) is 15.0 Å². The van der Waals surface area contributed by atoms with Crippen LogP contribution in [0.4, 0.5) is 10.9 Å². The van der Waals surface area contributed by atoms with Crippen molar-refractivity contribution in [2.24, 2.45) is 0 Å². The molecule has 9 heteroatoms. The van der Waals surface area contributed by atoms with E-state index >= 15 is 0 Å². The van der Waals surface area contributed by atoms with Crippen molar-refractivity contribution in [1.82, 2.24) is 20.3 Å². The van der Waals surface area contributed by atoms with Crippen LogP contribution in [0.1, 0.15) is 4.88 Å². The molecule has 0 aliphatic rings. The molecule has 0 saturated carbocycles. The third-order valence-corrected chi connectivity index (χ3v) is 3.97. The van der Waals surface area contributed by atoms with Gasteiger partial charge in [0.15, 0.2) is 10.3 Å². The van der Waals surface area contributed by atoms with Crippen molar-refractivity contribution in [2.75, 3.05) is 24.7 Å². The summed E-state index contributed by atoms with van der Waals surface area (Å²) in [6.45, 7) is 0.862. The first-order valence-corrected chi connectivity index (χ1v) is 7.84. The monoisotopic (exact) mass is 326 g/mol. The van der Waals surface area contributed by atoms with Crippen molar-refractivity contribution >= 4 is 45.6 Å². The maximum atomic E-state index is 8.76. The summed E-state index contributed by atoms with van der Waals surface area (Å²) in [5.74, 6) is 1.42. The first kappa shape index (κ1) is 15.0. The van der Waals surface area contributed by atoms with Crippen molar-refractivity contribution in [2.45, 2.75) is 5.16 Å². The van der Waals surface area contributed by atoms with Crippen molar-refractivity contribution in [1.29, 1.82) is 5.26 Å². The summed E-state index contributed by atoms with van der Waals surface area (Å²) in [5, 5.41) is 16.4. The second kappa shape index (κ2) is 7.40. The summed E-state index contributed by atoms with van der Waals surface area (Å²) in [6, 6.07) is 3.66. The molecule has 0 aromatic carbocycles. The molecule has 0 saturated heterocycles. The third-order valence-electron chi connectivity index (χ3n) is 2.11. The Kier molecular flexibility index (Phi) is 5.55. The van der Waals surface area contributed by atoms with E-state index in [4.69, 9.17) is 16.9 Å². The van der Waals surface area contributed by atoms with Crippen LogP contribution in [0, 0.1) is 11.3 Å². The molecular weight excluding hydrogens is 316 g/mol. The first-order valence-electron chi connectivity index (χ1n) is 5.66. The number of halogens is 1. The fourth-order valence-electron chi connectivity index (χ4n) is 1.26. The molecule has 0 radical (unpaired) electrons. The maximum absolute atomic E-state index is 8.76. The number of aromatic nitrogens is 3. The van der Waals surface area contributed by atoms with Gasteiger partial charge in [0.05, 0.1) is 6.20 Å². The minimum absolute atomic E-state index is 0.367. The van der Waals surface area contributed by atoms with Gasteiger partial charge < -0.3 is 10.6 Å². The standard InChI is InChI=1S/C11H11ClN6S2/c1-14-2-3-19-11-16-8(12)4-9(18-11)17-10-15-6-7(5-13)20-10/h4,6,14H,2-3H2,1H3,(H,15,16,17,18). The van der Waals surface area contributed by atoms with Crippen LogP contribution in [-0.4, -0.2) is 34.3 Å². The Morgan fingerprint density at radius 3 is 3.05 bits per heavy atom. The molecule has 2 aromatic rings. The average molecular weight is 327 g/mol. The van der Waals surface area contributed by atoms with Gasteiger partial charge in [0, 0.05) is 18.4 Å². The summed E-state index contributed by atoms with van der Waals surface area (Å²) in [6.07, 6.45) is 1.51. The molecule has 20 heavy (non-hydrogen) atoms. The highest BCUT2D eigenvalue weighted by Gasteiger charge is 2.07. The Labute approximate surface area is 129 Å². The molecule has 0 fully saturated rings. The van der Waals surface area contributed by atoms with Gasteiger partial charge in [-0.1, -0.05) is 34.7 Å². The van der Waals surface area contributed by atoms with Crippen LogP contribution in [0.25, 0.3) is 0 Å². The number of nitrogens with zero attached hydrogens (tertiary/aromatic N) is 4. The molecule has 0 unspecified atom stereocenters. The van der Waals surface area contributed by atoms with E-state index in [1.807, 2.05) is 13.1 Å². The fraction of sp³-hybridized carbons (Fsp3) is 0.273. The van der Waals surface area contributed by atoms with E-state index in [0.717, 1.165) is 12.3 Å². The van der Waals surface area contributed by atoms with E-state index in [1.165, 1.54) is 29.3 Å². The summed E-state index contributed by atoms with van der Waals surface area (Å²) in [4.78, 5) is 13.1. The summed E-state index contributed by atoms with van der Waals surface area (Å²) >= 11 is 8.74. The van der Waals surface area contributed by atoms with Crippen molar-refractivity contribution in [3.63, 3.8) is 0 Å². The molecule has 0 amide bonds. The molecule has 2 N–H and O–H groups in total. The quantitative estimate of drug-likeness (QED) is 0.365. The Balaban J connectivity index is 2.09. The normalized spacial score (nSPS) is 10.2. The van der Waals surface area contributed by atoms with Gasteiger partial charge in [-0.2, -0.15) is 5.26 Å². The number of anilines is 2. The maximum Gasteiger partial charge on any atom is 0.190 e. The van der Waals surface area contributed by atoms with Crippen LogP contribution in [0.5, 0.6) is 0 Å². The van der Waals surface area contributed by atoms with Gasteiger partial charge in [-0.15, -0.1) is 0 Å². The topological polar surface area (TPSA) is 86.5 Å². The van der Waals surface area contributed by atoms with E-state index in [2.05, 4.69) is 25.6 Å². The highest BCUT2D eigenvalue weighted by Crippen LogP contribution is 2.24. The zero-order chi connectivity index (χ0) is 14.4. The molecule has 0 bridgehead atoms. The van der Waals surface area contributed by atoms with Crippen molar-refractivity contribution in [3.8, 4) is 6.07 Å². The zero-order valence-corrected chi connectivity index (χ0v) is 12.9. The lowest BCUT2D eigenvalue weighted by Crippen LogP contribution is -2.10. The Morgan fingerprint density at radius 1 is 1.50 bits per heavy atom. The van der Waals surface area contributed by atoms with Gasteiger partial charge in [-0.05, 0) is 7.05 Å². The van der Waals surface area contributed by atoms with Crippen LogP contribution < -0.4 is 10.6 Å². The van der Waals surface area contributed by atoms with Gasteiger partial charge in [-0.3, -0.25) is 0 Å². The predicted octanol–water partition coefficient (Wildman–Crippen LogP) is 2.51. The lowest BCUT2D eigenvalue weighted by Gasteiger charge is -2.05. The first-order chi connectivity index (χ1) is 9.71. The van der Waals surface area contributed by atoms with Crippen LogP contribution >= 0.6 is 34.7 Å². The van der Waals surface area contributed by atoms with Crippen molar-refractivity contribution in [3.05, 3.63) is 22.3 Å². The average Bonchev–Trinajstić information content (AvgIpc) is 2.86. The minimum Gasteiger partial charge on any atom is -0.319 e. The van der Waals surface area contributed by atoms with Gasteiger partial charge in [0.2, 0.25) is 0 Å². The third kappa shape index (κ3) is 4.31. The Morgan fingerprint density at radius 2 is 2.35 bits per heavy atom. The number of rotatable bonds is 6. The van der Waals surface area contributed by atoms with E-state index in [0.29, 0.717) is 26.1 Å².